The SMILES string of the molecule is CC1=CC(C)(C)N(C)c2cc(Cl)c(/C=C3\SC(=Nc4ccc(Cl)cc4)NC3=O)cc21. The van der Waals surface area contributed by atoms with Gasteiger partial charge in [0.15, 0.2) is 5.17 Å². The summed E-state index contributed by atoms with van der Waals surface area (Å²) >= 11 is 13.8. The van der Waals surface area contributed by atoms with E-state index in [0.717, 1.165) is 22.5 Å². The number of halogens is 2. The number of anilines is 1. The van der Waals surface area contributed by atoms with Gasteiger partial charge in [-0.25, -0.2) is 4.99 Å². The first-order valence-corrected chi connectivity index (χ1v) is 11.0. The summed E-state index contributed by atoms with van der Waals surface area (Å²) < 4.78 is 0. The number of rotatable bonds is 2. The Kier molecular flexibility index (Phi) is 5.47. The lowest BCUT2D eigenvalue weighted by atomic mass is 9.88. The van der Waals surface area contributed by atoms with Crippen molar-refractivity contribution in [2.24, 2.45) is 4.99 Å². The average Bonchev–Trinajstić information content (AvgIpc) is 3.01. The number of allylic oxidation sites excluding steroid dienone is 1. The molecular formula is C23H21Cl2N3OS. The summed E-state index contributed by atoms with van der Waals surface area (Å²) in [4.78, 5) is 19.7. The van der Waals surface area contributed by atoms with E-state index in [9.17, 15) is 4.79 Å². The molecule has 2 aliphatic heterocycles. The third kappa shape index (κ3) is 4.02. The van der Waals surface area contributed by atoms with Crippen molar-refractivity contribution < 1.29 is 4.79 Å². The Morgan fingerprint density at radius 1 is 1.17 bits per heavy atom. The third-order valence-corrected chi connectivity index (χ3v) is 6.82. The summed E-state index contributed by atoms with van der Waals surface area (Å²) in [6, 6.07) is 11.2. The van der Waals surface area contributed by atoms with Crippen LogP contribution in [0.2, 0.25) is 10.0 Å². The molecule has 2 aromatic rings. The number of hydrogen-bond acceptors (Lipinski definition) is 4. The zero-order valence-electron chi connectivity index (χ0n) is 17.1. The molecule has 30 heavy (non-hydrogen) atoms. The van der Waals surface area contributed by atoms with Gasteiger partial charge < -0.3 is 10.2 Å². The molecule has 0 aromatic heterocycles. The van der Waals surface area contributed by atoms with E-state index in [1.165, 1.54) is 17.3 Å². The second kappa shape index (κ2) is 7.80. The number of thioether (sulfide) groups is 1. The van der Waals surface area contributed by atoms with Crippen molar-refractivity contribution in [3.8, 4) is 0 Å². The van der Waals surface area contributed by atoms with E-state index in [1.807, 2.05) is 18.2 Å². The predicted molar refractivity (Wildman–Crippen MR) is 130 cm³/mol. The van der Waals surface area contributed by atoms with Gasteiger partial charge in [0.2, 0.25) is 0 Å². The Hall–Kier alpha value is -2.21. The number of likely N-dealkylation sites (N-methyl/N-ethyl adjacent to an activating group) is 1. The predicted octanol–water partition coefficient (Wildman–Crippen LogP) is 6.52. The van der Waals surface area contributed by atoms with Crippen molar-refractivity contribution in [2.75, 3.05) is 11.9 Å². The Morgan fingerprint density at radius 2 is 1.87 bits per heavy atom. The summed E-state index contributed by atoms with van der Waals surface area (Å²) in [5, 5.41) is 4.58. The first kappa shape index (κ1) is 21.0. The molecule has 7 heteroatoms. The highest BCUT2D eigenvalue weighted by Crippen LogP contribution is 2.41. The zero-order chi connectivity index (χ0) is 21.6. The fraction of sp³-hybridized carbons (Fsp3) is 0.217. The molecule has 0 radical (unpaired) electrons. The highest BCUT2D eigenvalue weighted by molar-refractivity contribution is 8.18. The van der Waals surface area contributed by atoms with Crippen LogP contribution in [0.15, 0.2) is 52.4 Å². The first-order chi connectivity index (χ1) is 14.1. The van der Waals surface area contributed by atoms with Crippen LogP contribution in [0.1, 0.15) is 31.9 Å². The van der Waals surface area contributed by atoms with E-state index in [0.29, 0.717) is 20.1 Å². The minimum Gasteiger partial charge on any atom is -0.365 e. The molecule has 1 N–H and O–H groups in total. The second-order valence-electron chi connectivity index (χ2n) is 7.89. The molecule has 4 nitrogen and oxygen atoms in total. The number of benzene rings is 2. The Bertz CT molecular complexity index is 1130. The van der Waals surface area contributed by atoms with Crippen LogP contribution in [0, 0.1) is 0 Å². The van der Waals surface area contributed by atoms with Gasteiger partial charge in [0, 0.05) is 28.3 Å². The fourth-order valence-corrected chi connectivity index (χ4v) is 4.72. The molecule has 1 fully saturated rings. The molecule has 2 aliphatic rings. The number of amides is 1. The minimum absolute atomic E-state index is 0.0887. The van der Waals surface area contributed by atoms with Crippen LogP contribution in [0.4, 0.5) is 11.4 Å². The van der Waals surface area contributed by atoms with E-state index < -0.39 is 0 Å². The number of carbonyl (C=O) groups is 1. The Morgan fingerprint density at radius 3 is 2.57 bits per heavy atom. The van der Waals surface area contributed by atoms with Crippen molar-refractivity contribution in [3.63, 3.8) is 0 Å². The fourth-order valence-electron chi connectivity index (χ4n) is 3.55. The number of carbonyl (C=O) groups excluding carboxylic acids is 1. The normalized spacial score (nSPS) is 20.4. The molecule has 2 aromatic carbocycles. The number of nitrogens with one attached hydrogen (secondary N) is 1. The molecular weight excluding hydrogens is 437 g/mol. The number of fused-ring (bicyclic) bond motifs is 1. The summed E-state index contributed by atoms with van der Waals surface area (Å²) in [5.74, 6) is -0.188. The van der Waals surface area contributed by atoms with Crippen molar-refractivity contribution in [1.82, 2.24) is 5.32 Å². The summed E-state index contributed by atoms with van der Waals surface area (Å²) in [5.41, 5.74) is 4.84. The summed E-state index contributed by atoms with van der Waals surface area (Å²) in [7, 11) is 2.07. The molecule has 154 valence electrons. The number of aliphatic imine (C=N–C) groups is 1. The lowest BCUT2D eigenvalue weighted by Gasteiger charge is -2.40. The lowest BCUT2D eigenvalue weighted by Crippen LogP contribution is -2.42. The molecule has 0 unspecified atom stereocenters. The Labute approximate surface area is 190 Å². The van der Waals surface area contributed by atoms with Gasteiger partial charge in [-0.1, -0.05) is 29.3 Å². The first-order valence-electron chi connectivity index (χ1n) is 9.46. The maximum atomic E-state index is 12.5. The molecule has 0 bridgehead atoms. The van der Waals surface area contributed by atoms with Gasteiger partial charge in [0.05, 0.1) is 16.1 Å². The zero-order valence-corrected chi connectivity index (χ0v) is 19.4. The van der Waals surface area contributed by atoms with Crippen LogP contribution in [-0.2, 0) is 4.79 Å². The van der Waals surface area contributed by atoms with Crippen molar-refractivity contribution in [2.45, 2.75) is 26.3 Å². The Balaban J connectivity index is 1.66. The van der Waals surface area contributed by atoms with Gasteiger partial charge in [0.25, 0.3) is 5.91 Å². The van der Waals surface area contributed by atoms with Crippen LogP contribution in [0.5, 0.6) is 0 Å². The number of amidine groups is 1. The summed E-state index contributed by atoms with van der Waals surface area (Å²) in [6.07, 6.45) is 4.06. The van der Waals surface area contributed by atoms with Gasteiger partial charge in [-0.2, -0.15) is 0 Å². The van der Waals surface area contributed by atoms with E-state index in [-0.39, 0.29) is 11.4 Å². The molecule has 2 heterocycles. The smallest absolute Gasteiger partial charge is 0.264 e. The van der Waals surface area contributed by atoms with Crippen LogP contribution in [-0.4, -0.2) is 23.7 Å². The highest BCUT2D eigenvalue weighted by Gasteiger charge is 2.30. The summed E-state index contributed by atoms with van der Waals surface area (Å²) in [6.45, 7) is 6.45. The van der Waals surface area contributed by atoms with Crippen LogP contribution in [0.3, 0.4) is 0 Å². The molecule has 1 saturated heterocycles. The second-order valence-corrected chi connectivity index (χ2v) is 9.76. The average molecular weight is 458 g/mol. The van der Waals surface area contributed by atoms with Crippen molar-refractivity contribution in [1.29, 1.82) is 0 Å². The topological polar surface area (TPSA) is 44.7 Å². The maximum absolute atomic E-state index is 12.5. The van der Waals surface area contributed by atoms with Gasteiger partial charge in [0.1, 0.15) is 0 Å². The highest BCUT2D eigenvalue weighted by atomic mass is 35.5. The van der Waals surface area contributed by atoms with Crippen molar-refractivity contribution in [3.05, 3.63) is 68.6 Å². The molecule has 0 spiro atoms. The monoisotopic (exact) mass is 457 g/mol. The number of nitrogens with zero attached hydrogens (tertiary/aromatic N) is 2. The van der Waals surface area contributed by atoms with Crippen LogP contribution >= 0.6 is 35.0 Å². The minimum atomic E-state index is -0.188. The number of hydrogen-bond donors (Lipinski definition) is 1. The molecule has 0 aliphatic carbocycles. The van der Waals surface area contributed by atoms with Gasteiger partial charge in [-0.15, -0.1) is 0 Å². The van der Waals surface area contributed by atoms with E-state index >= 15 is 0 Å². The van der Waals surface area contributed by atoms with Gasteiger partial charge in [-0.05, 0) is 86.1 Å². The molecule has 1 amide bonds. The quantitative estimate of drug-likeness (QED) is 0.522. The van der Waals surface area contributed by atoms with Gasteiger partial charge in [-0.3, -0.25) is 4.79 Å². The van der Waals surface area contributed by atoms with Crippen LogP contribution < -0.4 is 10.2 Å². The third-order valence-electron chi connectivity index (χ3n) is 5.33. The molecule has 0 saturated carbocycles. The van der Waals surface area contributed by atoms with E-state index in [1.54, 1.807) is 24.3 Å². The van der Waals surface area contributed by atoms with E-state index in [4.69, 9.17) is 23.2 Å². The molecule has 0 atom stereocenters. The molecule has 4 rings (SSSR count). The van der Waals surface area contributed by atoms with Crippen LogP contribution in [0.25, 0.3) is 11.6 Å². The lowest BCUT2D eigenvalue weighted by molar-refractivity contribution is -0.115. The standard InChI is InChI=1S/C23H21Cl2N3OS/c1-13-12-23(2,3)28(4)19-11-18(25)14(9-17(13)19)10-20-21(29)27-22(30-20)26-16-7-5-15(24)6-8-16/h5-12H,1-4H3,(H,26,27,29)/b20-10-. The largest absolute Gasteiger partial charge is 0.365 e. The van der Waals surface area contributed by atoms with Crippen molar-refractivity contribution >= 4 is 69.1 Å². The van der Waals surface area contributed by atoms with E-state index in [2.05, 4.69) is 49.1 Å². The maximum Gasteiger partial charge on any atom is 0.264 e. The van der Waals surface area contributed by atoms with Gasteiger partial charge >= 0.3 is 0 Å².